The number of hydrogen-bond acceptors (Lipinski definition) is 4. The van der Waals surface area contributed by atoms with E-state index in [1.54, 1.807) is 15.9 Å². The van der Waals surface area contributed by atoms with Gasteiger partial charge in [0.05, 0.1) is 11.9 Å². The Hall–Kier alpha value is -2.14. The molecule has 0 spiro atoms. The van der Waals surface area contributed by atoms with Crippen molar-refractivity contribution in [3.05, 3.63) is 56.4 Å². The van der Waals surface area contributed by atoms with E-state index >= 15 is 0 Å². The summed E-state index contributed by atoms with van der Waals surface area (Å²) in [6.45, 7) is 11.8. The predicted octanol–water partition coefficient (Wildman–Crippen LogP) is 5.27. The van der Waals surface area contributed by atoms with Gasteiger partial charge in [0.1, 0.15) is 23.0 Å². The molecular formula is C24H30N2O2S. The third-order valence-corrected chi connectivity index (χ3v) is 7.06. The van der Waals surface area contributed by atoms with E-state index in [-0.39, 0.29) is 11.0 Å². The summed E-state index contributed by atoms with van der Waals surface area (Å²) >= 11 is 1.71. The van der Waals surface area contributed by atoms with Crippen LogP contribution in [0, 0.1) is 12.8 Å². The average molecular weight is 411 g/mol. The molecule has 1 atom stereocenters. The molecule has 0 bridgehead atoms. The van der Waals surface area contributed by atoms with Crippen LogP contribution in [0.15, 0.2) is 29.1 Å². The standard InChI is InChI=1S/C24H30N2O2S/c1-15-6-11-19-20(14-15)29-22-21(19)23(27)26(16(2)25-22)12-13-28-18-9-7-17(8-10-18)24(3,4)5/h7-10,15H,6,11-14H2,1-5H3. The van der Waals surface area contributed by atoms with Crippen LogP contribution in [0.1, 0.15) is 55.9 Å². The van der Waals surface area contributed by atoms with Crippen LogP contribution in [0.25, 0.3) is 10.2 Å². The van der Waals surface area contributed by atoms with Gasteiger partial charge in [0, 0.05) is 4.88 Å². The van der Waals surface area contributed by atoms with E-state index in [0.717, 1.165) is 41.1 Å². The Morgan fingerprint density at radius 3 is 2.66 bits per heavy atom. The summed E-state index contributed by atoms with van der Waals surface area (Å²) in [5.74, 6) is 2.29. The molecule has 1 aromatic carbocycles. The van der Waals surface area contributed by atoms with E-state index in [2.05, 4.69) is 39.8 Å². The zero-order chi connectivity index (χ0) is 20.8. The van der Waals surface area contributed by atoms with E-state index in [4.69, 9.17) is 9.72 Å². The van der Waals surface area contributed by atoms with Gasteiger partial charge in [0.2, 0.25) is 0 Å². The van der Waals surface area contributed by atoms with Crippen LogP contribution >= 0.6 is 11.3 Å². The molecule has 0 N–H and O–H groups in total. The molecule has 0 aliphatic heterocycles. The molecule has 0 radical (unpaired) electrons. The van der Waals surface area contributed by atoms with Crippen molar-refractivity contribution in [1.82, 2.24) is 9.55 Å². The summed E-state index contributed by atoms with van der Waals surface area (Å²) in [7, 11) is 0. The molecule has 5 heteroatoms. The van der Waals surface area contributed by atoms with Gasteiger partial charge in [0.15, 0.2) is 0 Å². The number of fused-ring (bicyclic) bond motifs is 3. The Bertz CT molecular complexity index is 1090. The van der Waals surface area contributed by atoms with Crippen molar-refractivity contribution < 1.29 is 4.74 Å². The number of nitrogens with zero attached hydrogens (tertiary/aromatic N) is 2. The second-order valence-electron chi connectivity index (χ2n) is 9.27. The van der Waals surface area contributed by atoms with Crippen molar-refractivity contribution in [3.8, 4) is 5.75 Å². The summed E-state index contributed by atoms with van der Waals surface area (Å²) < 4.78 is 7.70. The van der Waals surface area contributed by atoms with Crippen molar-refractivity contribution in [3.63, 3.8) is 0 Å². The first-order valence-electron chi connectivity index (χ1n) is 10.5. The molecule has 2 aromatic heterocycles. The van der Waals surface area contributed by atoms with Gasteiger partial charge >= 0.3 is 0 Å². The number of thiophene rings is 1. The van der Waals surface area contributed by atoms with Crippen molar-refractivity contribution >= 4 is 21.6 Å². The van der Waals surface area contributed by atoms with Gasteiger partial charge in [-0.15, -0.1) is 11.3 Å². The summed E-state index contributed by atoms with van der Waals surface area (Å²) in [6.07, 6.45) is 3.22. The van der Waals surface area contributed by atoms with Crippen molar-refractivity contribution in [2.45, 2.75) is 65.8 Å². The quantitative estimate of drug-likeness (QED) is 0.589. The number of hydrogen-bond donors (Lipinski definition) is 0. The highest BCUT2D eigenvalue weighted by Crippen LogP contribution is 2.35. The normalized spacial score (nSPS) is 16.8. The first-order chi connectivity index (χ1) is 13.7. The molecule has 3 aromatic rings. The highest BCUT2D eigenvalue weighted by atomic mass is 32.1. The molecule has 0 saturated carbocycles. The second kappa shape index (κ2) is 7.60. The monoisotopic (exact) mass is 410 g/mol. The molecule has 1 unspecified atom stereocenters. The Labute approximate surface area is 176 Å². The van der Waals surface area contributed by atoms with Crippen LogP contribution in [0.3, 0.4) is 0 Å². The number of ether oxygens (including phenoxy) is 1. The van der Waals surface area contributed by atoms with Gasteiger partial charge in [-0.25, -0.2) is 4.98 Å². The Kier molecular flexibility index (Phi) is 5.28. The molecule has 1 aliphatic rings. The number of rotatable bonds is 4. The first kappa shape index (κ1) is 20.1. The molecule has 154 valence electrons. The Balaban J connectivity index is 1.53. The van der Waals surface area contributed by atoms with Crippen molar-refractivity contribution in [2.24, 2.45) is 5.92 Å². The first-order valence-corrected chi connectivity index (χ1v) is 11.3. The summed E-state index contributed by atoms with van der Waals surface area (Å²) in [4.78, 5) is 20.3. The van der Waals surface area contributed by atoms with E-state index < -0.39 is 0 Å². The van der Waals surface area contributed by atoms with Gasteiger partial charge in [-0.05, 0) is 60.8 Å². The van der Waals surface area contributed by atoms with Crippen LogP contribution in [0.4, 0.5) is 0 Å². The Morgan fingerprint density at radius 1 is 1.24 bits per heavy atom. The minimum atomic E-state index is 0.0891. The van der Waals surface area contributed by atoms with Gasteiger partial charge in [0.25, 0.3) is 5.56 Å². The maximum Gasteiger partial charge on any atom is 0.262 e. The fourth-order valence-corrected chi connectivity index (χ4v) is 5.51. The van der Waals surface area contributed by atoms with E-state index in [9.17, 15) is 4.79 Å². The number of aryl methyl sites for hydroxylation is 2. The maximum atomic E-state index is 13.2. The number of aromatic nitrogens is 2. The zero-order valence-corrected chi connectivity index (χ0v) is 18.9. The topological polar surface area (TPSA) is 44.1 Å². The SMILES string of the molecule is Cc1nc2sc3c(c2c(=O)n1CCOc1ccc(C(C)(C)C)cc1)CCC(C)C3. The highest BCUT2D eigenvalue weighted by Gasteiger charge is 2.24. The predicted molar refractivity (Wildman–Crippen MR) is 120 cm³/mol. The lowest BCUT2D eigenvalue weighted by Crippen LogP contribution is -2.27. The summed E-state index contributed by atoms with van der Waals surface area (Å²) in [6, 6.07) is 8.24. The summed E-state index contributed by atoms with van der Waals surface area (Å²) in [5.41, 5.74) is 2.74. The van der Waals surface area contributed by atoms with E-state index in [1.165, 1.54) is 16.0 Å². The highest BCUT2D eigenvalue weighted by molar-refractivity contribution is 7.18. The molecular weight excluding hydrogens is 380 g/mol. The third-order valence-electron chi connectivity index (χ3n) is 5.91. The van der Waals surface area contributed by atoms with Gasteiger partial charge in [-0.1, -0.05) is 39.8 Å². The Morgan fingerprint density at radius 2 is 1.97 bits per heavy atom. The largest absolute Gasteiger partial charge is 0.492 e. The fraction of sp³-hybridized carbons (Fsp3) is 0.500. The average Bonchev–Trinajstić information content (AvgIpc) is 3.01. The van der Waals surface area contributed by atoms with Crippen LogP contribution in [-0.4, -0.2) is 16.2 Å². The van der Waals surface area contributed by atoms with Crippen LogP contribution < -0.4 is 10.3 Å². The van der Waals surface area contributed by atoms with Crippen LogP contribution in [-0.2, 0) is 24.8 Å². The molecule has 4 rings (SSSR count). The van der Waals surface area contributed by atoms with E-state index in [0.29, 0.717) is 19.1 Å². The molecule has 0 amide bonds. The third kappa shape index (κ3) is 3.97. The molecule has 1 aliphatic carbocycles. The lowest BCUT2D eigenvalue weighted by atomic mass is 9.87. The fourth-order valence-electron chi connectivity index (χ4n) is 4.09. The zero-order valence-electron chi connectivity index (χ0n) is 18.0. The van der Waals surface area contributed by atoms with Gasteiger partial charge < -0.3 is 4.74 Å². The lowest BCUT2D eigenvalue weighted by molar-refractivity contribution is 0.294. The van der Waals surface area contributed by atoms with Gasteiger partial charge in [-0.2, -0.15) is 0 Å². The smallest absolute Gasteiger partial charge is 0.262 e. The van der Waals surface area contributed by atoms with Crippen molar-refractivity contribution in [2.75, 3.05) is 6.61 Å². The van der Waals surface area contributed by atoms with E-state index in [1.807, 2.05) is 19.1 Å². The maximum absolute atomic E-state index is 13.2. The second-order valence-corrected chi connectivity index (χ2v) is 10.4. The molecule has 0 saturated heterocycles. The van der Waals surface area contributed by atoms with Crippen molar-refractivity contribution in [1.29, 1.82) is 0 Å². The van der Waals surface area contributed by atoms with Gasteiger partial charge in [-0.3, -0.25) is 9.36 Å². The molecule has 0 fully saturated rings. The minimum absolute atomic E-state index is 0.0891. The lowest BCUT2D eigenvalue weighted by Gasteiger charge is -2.19. The molecule has 4 nitrogen and oxygen atoms in total. The summed E-state index contributed by atoms with van der Waals surface area (Å²) in [5, 5.41) is 0.844. The van der Waals surface area contributed by atoms with Crippen LogP contribution in [0.2, 0.25) is 0 Å². The molecule has 2 heterocycles. The van der Waals surface area contributed by atoms with Crippen LogP contribution in [0.5, 0.6) is 5.75 Å². The minimum Gasteiger partial charge on any atom is -0.492 e. The molecule has 29 heavy (non-hydrogen) atoms. The number of benzene rings is 1.